The summed E-state index contributed by atoms with van der Waals surface area (Å²) < 4.78 is 16.6. The number of aliphatic imine (C=N–C) groups is 1. The Bertz CT molecular complexity index is 744. The lowest BCUT2D eigenvalue weighted by Crippen LogP contribution is -2.39. The van der Waals surface area contributed by atoms with Crippen LogP contribution in [0.15, 0.2) is 47.7 Å². The van der Waals surface area contributed by atoms with E-state index in [1.54, 1.807) is 19.5 Å². The van der Waals surface area contributed by atoms with Gasteiger partial charge in [-0.1, -0.05) is 6.07 Å². The Kier molecular flexibility index (Phi) is 13.4. The van der Waals surface area contributed by atoms with E-state index in [1.165, 1.54) is 5.56 Å². The van der Waals surface area contributed by atoms with Crippen LogP contribution < -0.4 is 24.8 Å². The highest BCUT2D eigenvalue weighted by atomic mass is 127. The van der Waals surface area contributed by atoms with Gasteiger partial charge in [0.05, 0.1) is 26.5 Å². The highest BCUT2D eigenvalue weighted by Gasteiger charge is 2.05. The van der Waals surface area contributed by atoms with Gasteiger partial charge in [-0.25, -0.2) is 0 Å². The number of aromatic nitrogens is 1. The number of ether oxygens (including phenoxy) is 3. The molecule has 0 amide bonds. The van der Waals surface area contributed by atoms with E-state index in [4.69, 9.17) is 14.2 Å². The number of guanidine groups is 1. The maximum Gasteiger partial charge on any atom is 0.191 e. The molecule has 2 rings (SSSR count). The summed E-state index contributed by atoms with van der Waals surface area (Å²) in [4.78, 5) is 8.67. The molecule has 7 nitrogen and oxygen atoms in total. The van der Waals surface area contributed by atoms with Crippen LogP contribution in [0.2, 0.25) is 0 Å². The summed E-state index contributed by atoms with van der Waals surface area (Å²) in [6, 6.07) is 9.82. The van der Waals surface area contributed by atoms with Crippen molar-refractivity contribution >= 4 is 29.9 Å². The third-order valence-corrected chi connectivity index (χ3v) is 4.06. The minimum absolute atomic E-state index is 0. The number of nitrogens with one attached hydrogen (secondary N) is 2. The third kappa shape index (κ3) is 9.51. The molecular formula is C22H33IN4O3. The number of hydrogen-bond donors (Lipinski definition) is 2. The molecule has 0 aliphatic heterocycles. The van der Waals surface area contributed by atoms with Gasteiger partial charge in [0.1, 0.15) is 12.4 Å². The minimum atomic E-state index is 0. The SMILES string of the molecule is CCNC(=NCCCc1ccc(OC)c(OCC)c1)NCCOc1cccnc1.I. The van der Waals surface area contributed by atoms with E-state index in [0.29, 0.717) is 19.8 Å². The van der Waals surface area contributed by atoms with Crippen LogP contribution in [0.5, 0.6) is 17.2 Å². The lowest BCUT2D eigenvalue weighted by Gasteiger charge is -2.12. The van der Waals surface area contributed by atoms with Crippen molar-refractivity contribution in [3.63, 3.8) is 0 Å². The van der Waals surface area contributed by atoms with Crippen LogP contribution in [-0.4, -0.2) is 50.9 Å². The zero-order valence-corrected chi connectivity index (χ0v) is 20.3. The highest BCUT2D eigenvalue weighted by molar-refractivity contribution is 14.0. The van der Waals surface area contributed by atoms with Crippen molar-refractivity contribution in [3.05, 3.63) is 48.3 Å². The largest absolute Gasteiger partial charge is 0.493 e. The summed E-state index contributed by atoms with van der Waals surface area (Å²) in [6.07, 6.45) is 5.30. The smallest absolute Gasteiger partial charge is 0.191 e. The fraction of sp³-hybridized carbons (Fsp3) is 0.455. The molecule has 0 aliphatic rings. The predicted octanol–water partition coefficient (Wildman–Crippen LogP) is 3.67. The topological polar surface area (TPSA) is 77.0 Å². The number of pyridine rings is 1. The van der Waals surface area contributed by atoms with Gasteiger partial charge in [0.15, 0.2) is 17.5 Å². The van der Waals surface area contributed by atoms with E-state index in [-0.39, 0.29) is 24.0 Å². The van der Waals surface area contributed by atoms with Gasteiger partial charge < -0.3 is 24.8 Å². The molecule has 166 valence electrons. The Hall–Kier alpha value is -2.23. The first-order valence-electron chi connectivity index (χ1n) is 10.1. The average Bonchev–Trinajstić information content (AvgIpc) is 2.75. The van der Waals surface area contributed by atoms with Gasteiger partial charge in [-0.3, -0.25) is 9.98 Å². The standard InChI is InChI=1S/C22H32N4O3.HI/c1-4-24-22(26-14-15-29-19-9-7-12-23-17-19)25-13-6-8-18-10-11-20(27-3)21(16-18)28-5-2;/h7,9-12,16-17H,4-6,8,13-15H2,1-3H3,(H2,24,25,26);1H. The normalized spacial score (nSPS) is 10.7. The summed E-state index contributed by atoms with van der Waals surface area (Å²) in [5, 5.41) is 6.54. The molecule has 0 radical (unpaired) electrons. The van der Waals surface area contributed by atoms with Crippen LogP contribution in [0.25, 0.3) is 0 Å². The molecule has 2 aromatic rings. The van der Waals surface area contributed by atoms with Crippen molar-refractivity contribution < 1.29 is 14.2 Å². The summed E-state index contributed by atoms with van der Waals surface area (Å²) in [7, 11) is 1.66. The molecule has 1 heterocycles. The molecule has 2 N–H and O–H groups in total. The number of hydrogen-bond acceptors (Lipinski definition) is 5. The number of halogens is 1. The molecule has 0 saturated carbocycles. The molecule has 0 unspecified atom stereocenters. The van der Waals surface area contributed by atoms with Crippen molar-refractivity contribution in [1.82, 2.24) is 15.6 Å². The summed E-state index contributed by atoms with van der Waals surface area (Å²) >= 11 is 0. The minimum Gasteiger partial charge on any atom is -0.493 e. The molecule has 0 bridgehead atoms. The monoisotopic (exact) mass is 528 g/mol. The van der Waals surface area contributed by atoms with Crippen molar-refractivity contribution in [2.24, 2.45) is 4.99 Å². The van der Waals surface area contributed by atoms with Gasteiger partial charge in [-0.05, 0) is 56.5 Å². The summed E-state index contributed by atoms with van der Waals surface area (Å²) in [5.41, 5.74) is 1.22. The van der Waals surface area contributed by atoms with Crippen LogP contribution >= 0.6 is 24.0 Å². The third-order valence-electron chi connectivity index (χ3n) is 4.06. The van der Waals surface area contributed by atoms with Gasteiger partial charge in [0, 0.05) is 19.3 Å². The van der Waals surface area contributed by atoms with E-state index in [2.05, 4.69) is 33.6 Å². The molecule has 0 aliphatic carbocycles. The molecular weight excluding hydrogens is 495 g/mol. The van der Waals surface area contributed by atoms with Gasteiger partial charge in [0.25, 0.3) is 0 Å². The molecule has 0 saturated heterocycles. The fourth-order valence-corrected chi connectivity index (χ4v) is 2.73. The second kappa shape index (κ2) is 15.6. The molecule has 0 spiro atoms. The number of nitrogens with zero attached hydrogens (tertiary/aromatic N) is 2. The quantitative estimate of drug-likeness (QED) is 0.190. The van der Waals surface area contributed by atoms with Crippen LogP contribution in [0.1, 0.15) is 25.8 Å². The average molecular weight is 528 g/mol. The Labute approximate surface area is 196 Å². The molecule has 0 atom stereocenters. The van der Waals surface area contributed by atoms with Crippen molar-refractivity contribution in [3.8, 4) is 17.2 Å². The van der Waals surface area contributed by atoms with E-state index < -0.39 is 0 Å². The predicted molar refractivity (Wildman–Crippen MR) is 132 cm³/mol. The van der Waals surface area contributed by atoms with Crippen molar-refractivity contribution in [1.29, 1.82) is 0 Å². The van der Waals surface area contributed by atoms with Crippen LogP contribution in [-0.2, 0) is 6.42 Å². The van der Waals surface area contributed by atoms with Gasteiger partial charge in [-0.15, -0.1) is 24.0 Å². The lowest BCUT2D eigenvalue weighted by atomic mass is 10.1. The molecule has 30 heavy (non-hydrogen) atoms. The number of benzene rings is 1. The Morgan fingerprint density at radius 3 is 2.67 bits per heavy atom. The molecule has 8 heteroatoms. The Morgan fingerprint density at radius 1 is 1.10 bits per heavy atom. The van der Waals surface area contributed by atoms with E-state index in [9.17, 15) is 0 Å². The maximum absolute atomic E-state index is 5.64. The summed E-state index contributed by atoms with van der Waals surface area (Å²) in [6.45, 7) is 7.39. The first-order valence-corrected chi connectivity index (χ1v) is 10.1. The summed E-state index contributed by atoms with van der Waals surface area (Å²) in [5.74, 6) is 3.12. The second-order valence-corrected chi connectivity index (χ2v) is 6.25. The Morgan fingerprint density at radius 2 is 1.97 bits per heavy atom. The second-order valence-electron chi connectivity index (χ2n) is 6.25. The zero-order chi connectivity index (χ0) is 20.7. The maximum atomic E-state index is 5.64. The van der Waals surface area contributed by atoms with Crippen LogP contribution in [0, 0.1) is 0 Å². The highest BCUT2D eigenvalue weighted by Crippen LogP contribution is 2.28. The first-order chi connectivity index (χ1) is 14.3. The van der Waals surface area contributed by atoms with E-state index in [1.807, 2.05) is 31.2 Å². The molecule has 0 fully saturated rings. The Balaban J connectivity index is 0.00000450. The van der Waals surface area contributed by atoms with Gasteiger partial charge in [0.2, 0.25) is 0 Å². The molecule has 1 aromatic heterocycles. The zero-order valence-electron chi connectivity index (χ0n) is 18.0. The van der Waals surface area contributed by atoms with Gasteiger partial charge in [-0.2, -0.15) is 0 Å². The number of aryl methyl sites for hydroxylation is 1. The van der Waals surface area contributed by atoms with Crippen LogP contribution in [0.4, 0.5) is 0 Å². The molecule has 1 aromatic carbocycles. The fourth-order valence-electron chi connectivity index (χ4n) is 2.73. The van der Waals surface area contributed by atoms with E-state index >= 15 is 0 Å². The van der Waals surface area contributed by atoms with E-state index in [0.717, 1.165) is 49.1 Å². The number of rotatable bonds is 12. The lowest BCUT2D eigenvalue weighted by molar-refractivity contribution is 0.310. The van der Waals surface area contributed by atoms with Crippen LogP contribution in [0.3, 0.4) is 0 Å². The van der Waals surface area contributed by atoms with Crippen molar-refractivity contribution in [2.75, 3.05) is 40.0 Å². The first kappa shape index (κ1) is 25.8. The number of methoxy groups -OCH3 is 1. The van der Waals surface area contributed by atoms with Gasteiger partial charge >= 0.3 is 0 Å². The van der Waals surface area contributed by atoms with Crippen molar-refractivity contribution in [2.45, 2.75) is 26.7 Å².